The summed E-state index contributed by atoms with van der Waals surface area (Å²) in [7, 11) is -3.11. The van der Waals surface area contributed by atoms with Crippen LogP contribution in [0.3, 0.4) is 0 Å². The summed E-state index contributed by atoms with van der Waals surface area (Å²) in [4.78, 5) is 12.0. The van der Waals surface area contributed by atoms with Crippen molar-refractivity contribution in [2.75, 3.05) is 19.3 Å². The number of sulfonamides is 1. The van der Waals surface area contributed by atoms with Gasteiger partial charge in [0.15, 0.2) is 0 Å². The molecule has 0 radical (unpaired) electrons. The Morgan fingerprint density at radius 3 is 2.11 bits per heavy atom. The summed E-state index contributed by atoms with van der Waals surface area (Å²) >= 11 is 0. The van der Waals surface area contributed by atoms with Crippen molar-refractivity contribution in [1.29, 1.82) is 0 Å². The van der Waals surface area contributed by atoms with E-state index >= 15 is 0 Å². The number of hydrogen-bond donors (Lipinski definition) is 1. The molecule has 0 bridgehead atoms. The van der Waals surface area contributed by atoms with Crippen molar-refractivity contribution in [1.82, 2.24) is 9.62 Å². The summed E-state index contributed by atoms with van der Waals surface area (Å²) in [6.45, 7) is 7.03. The van der Waals surface area contributed by atoms with E-state index in [0.717, 1.165) is 0 Å². The summed E-state index contributed by atoms with van der Waals surface area (Å²) in [5.41, 5.74) is 0. The lowest BCUT2D eigenvalue weighted by molar-refractivity contribution is -0.127. The first kappa shape index (κ1) is 15.4. The SMILES string of the molecule is CC(C)C(C)NC(=O)C1CCN(S(C)(=O)=O)CC1. The van der Waals surface area contributed by atoms with Gasteiger partial charge in [0.25, 0.3) is 0 Å². The van der Waals surface area contributed by atoms with Crippen molar-refractivity contribution in [3.05, 3.63) is 0 Å². The smallest absolute Gasteiger partial charge is 0.223 e. The molecule has 0 spiro atoms. The van der Waals surface area contributed by atoms with Crippen LogP contribution in [0.2, 0.25) is 0 Å². The minimum Gasteiger partial charge on any atom is -0.353 e. The Balaban J connectivity index is 2.46. The van der Waals surface area contributed by atoms with Gasteiger partial charge < -0.3 is 5.32 Å². The number of piperidine rings is 1. The standard InChI is InChI=1S/C12H24N2O3S/c1-9(2)10(3)13-12(15)11-5-7-14(8-6-11)18(4,16)17/h9-11H,5-8H2,1-4H3,(H,13,15). The lowest BCUT2D eigenvalue weighted by Gasteiger charge is -2.30. The van der Waals surface area contributed by atoms with Crippen LogP contribution in [0, 0.1) is 11.8 Å². The molecule has 1 saturated heterocycles. The number of carbonyl (C=O) groups excluding carboxylic acids is 1. The van der Waals surface area contributed by atoms with Gasteiger partial charge >= 0.3 is 0 Å². The normalized spacial score (nSPS) is 20.9. The first-order valence-corrected chi connectivity index (χ1v) is 8.32. The van der Waals surface area contributed by atoms with E-state index in [1.807, 2.05) is 6.92 Å². The van der Waals surface area contributed by atoms with Crippen molar-refractivity contribution >= 4 is 15.9 Å². The van der Waals surface area contributed by atoms with Gasteiger partial charge in [0, 0.05) is 25.0 Å². The van der Waals surface area contributed by atoms with Crippen LogP contribution in [0.15, 0.2) is 0 Å². The molecule has 0 aromatic heterocycles. The zero-order chi connectivity index (χ0) is 13.9. The highest BCUT2D eigenvalue weighted by Crippen LogP contribution is 2.19. The highest BCUT2D eigenvalue weighted by molar-refractivity contribution is 7.88. The molecule has 1 heterocycles. The zero-order valence-electron chi connectivity index (χ0n) is 11.6. The van der Waals surface area contributed by atoms with Gasteiger partial charge in [-0.05, 0) is 25.7 Å². The summed E-state index contributed by atoms with van der Waals surface area (Å²) in [6.07, 6.45) is 2.45. The second-order valence-corrected chi connectivity index (χ2v) is 7.46. The van der Waals surface area contributed by atoms with Crippen molar-refractivity contribution in [3.8, 4) is 0 Å². The fraction of sp³-hybridized carbons (Fsp3) is 0.917. The molecule has 0 aromatic rings. The molecule has 1 N–H and O–H groups in total. The van der Waals surface area contributed by atoms with E-state index in [2.05, 4.69) is 19.2 Å². The summed E-state index contributed by atoms with van der Waals surface area (Å²) in [5.74, 6) is 0.415. The molecule has 18 heavy (non-hydrogen) atoms. The molecular formula is C12H24N2O3S. The first-order valence-electron chi connectivity index (χ1n) is 6.47. The fourth-order valence-electron chi connectivity index (χ4n) is 1.96. The Kier molecular flexibility index (Phi) is 5.16. The number of hydrogen-bond acceptors (Lipinski definition) is 3. The second kappa shape index (κ2) is 6.02. The monoisotopic (exact) mass is 276 g/mol. The van der Waals surface area contributed by atoms with Crippen LogP contribution < -0.4 is 5.32 Å². The topological polar surface area (TPSA) is 66.5 Å². The molecule has 0 saturated carbocycles. The van der Waals surface area contributed by atoms with Gasteiger partial charge in [0.1, 0.15) is 0 Å². The second-order valence-electron chi connectivity index (χ2n) is 5.48. The molecule has 0 aromatic carbocycles. The van der Waals surface area contributed by atoms with Gasteiger partial charge in [0.2, 0.25) is 15.9 Å². The Bertz CT molecular complexity index is 384. The van der Waals surface area contributed by atoms with Crippen LogP contribution in [0.1, 0.15) is 33.6 Å². The third-order valence-corrected chi connectivity index (χ3v) is 4.97. The van der Waals surface area contributed by atoms with E-state index < -0.39 is 10.0 Å². The van der Waals surface area contributed by atoms with Crippen LogP contribution in [0.4, 0.5) is 0 Å². The highest BCUT2D eigenvalue weighted by atomic mass is 32.2. The fourth-order valence-corrected chi connectivity index (χ4v) is 2.83. The lowest BCUT2D eigenvalue weighted by atomic mass is 9.96. The Morgan fingerprint density at radius 2 is 1.72 bits per heavy atom. The van der Waals surface area contributed by atoms with Crippen molar-refractivity contribution in [3.63, 3.8) is 0 Å². The van der Waals surface area contributed by atoms with Gasteiger partial charge in [-0.3, -0.25) is 4.79 Å². The average molecular weight is 276 g/mol. The molecule has 1 rings (SSSR count). The van der Waals surface area contributed by atoms with E-state index in [0.29, 0.717) is 31.8 Å². The van der Waals surface area contributed by atoms with Gasteiger partial charge in [-0.2, -0.15) is 0 Å². The Labute approximate surface area is 110 Å². The van der Waals surface area contributed by atoms with Gasteiger partial charge in [-0.15, -0.1) is 0 Å². The zero-order valence-corrected chi connectivity index (χ0v) is 12.5. The van der Waals surface area contributed by atoms with Gasteiger partial charge in [-0.25, -0.2) is 12.7 Å². The Morgan fingerprint density at radius 1 is 1.22 bits per heavy atom. The predicted octanol–water partition coefficient (Wildman–Crippen LogP) is 0.819. The lowest BCUT2D eigenvalue weighted by Crippen LogP contribution is -2.45. The first-order chi connectivity index (χ1) is 8.21. The van der Waals surface area contributed by atoms with Gasteiger partial charge in [0.05, 0.1) is 6.26 Å². The molecule has 1 amide bonds. The molecule has 1 unspecified atom stereocenters. The number of rotatable bonds is 4. The maximum Gasteiger partial charge on any atom is 0.223 e. The number of carbonyl (C=O) groups is 1. The number of amides is 1. The van der Waals surface area contributed by atoms with E-state index in [9.17, 15) is 13.2 Å². The summed E-state index contributed by atoms with van der Waals surface area (Å²) in [5, 5.41) is 3.00. The maximum absolute atomic E-state index is 12.0. The Hall–Kier alpha value is -0.620. The molecule has 1 fully saturated rings. The van der Waals surface area contributed by atoms with Gasteiger partial charge in [-0.1, -0.05) is 13.8 Å². The van der Waals surface area contributed by atoms with Crippen LogP contribution in [-0.2, 0) is 14.8 Å². The van der Waals surface area contributed by atoms with Crippen LogP contribution in [-0.4, -0.2) is 44.0 Å². The summed E-state index contributed by atoms with van der Waals surface area (Å²) in [6, 6.07) is 0.158. The predicted molar refractivity (Wildman–Crippen MR) is 71.6 cm³/mol. The molecule has 6 heteroatoms. The maximum atomic E-state index is 12.0. The van der Waals surface area contributed by atoms with E-state index in [1.54, 1.807) is 0 Å². The van der Waals surface area contributed by atoms with Crippen molar-refractivity contribution in [2.45, 2.75) is 39.7 Å². The third-order valence-electron chi connectivity index (χ3n) is 3.66. The highest BCUT2D eigenvalue weighted by Gasteiger charge is 2.29. The van der Waals surface area contributed by atoms with E-state index in [1.165, 1.54) is 10.6 Å². The third kappa shape index (κ3) is 4.24. The minimum absolute atomic E-state index is 0.0517. The van der Waals surface area contributed by atoms with E-state index in [-0.39, 0.29) is 17.9 Å². The summed E-state index contributed by atoms with van der Waals surface area (Å²) < 4.78 is 24.2. The average Bonchev–Trinajstić information content (AvgIpc) is 2.27. The molecule has 5 nitrogen and oxygen atoms in total. The number of nitrogens with zero attached hydrogens (tertiary/aromatic N) is 1. The molecule has 1 aliphatic heterocycles. The molecule has 0 aliphatic carbocycles. The van der Waals surface area contributed by atoms with Crippen LogP contribution in [0.5, 0.6) is 0 Å². The molecule has 1 atom stereocenters. The van der Waals surface area contributed by atoms with E-state index in [4.69, 9.17) is 0 Å². The van der Waals surface area contributed by atoms with Crippen LogP contribution >= 0.6 is 0 Å². The molecule has 106 valence electrons. The molecular weight excluding hydrogens is 252 g/mol. The van der Waals surface area contributed by atoms with Crippen LogP contribution in [0.25, 0.3) is 0 Å². The van der Waals surface area contributed by atoms with Crippen molar-refractivity contribution in [2.24, 2.45) is 11.8 Å². The minimum atomic E-state index is -3.11. The quantitative estimate of drug-likeness (QED) is 0.826. The largest absolute Gasteiger partial charge is 0.353 e. The molecule has 1 aliphatic rings. The number of nitrogens with one attached hydrogen (secondary N) is 1. The van der Waals surface area contributed by atoms with Crippen molar-refractivity contribution < 1.29 is 13.2 Å².